The molecular weight excluding hydrogens is 537 g/mol. The minimum absolute atomic E-state index is 0.953. The van der Waals surface area contributed by atoms with Gasteiger partial charge in [-0.1, -0.05) is 108 Å². The SMILES string of the molecule is c1cc(-c2cccc(-c3cccc4c3sc3ccccc34)c2)cc(-c2ccc3sc4oc5ccccc5c4c3c2)c1. The van der Waals surface area contributed by atoms with Crippen LogP contribution in [0.25, 0.3) is 84.9 Å². The van der Waals surface area contributed by atoms with E-state index in [2.05, 4.69) is 127 Å². The molecule has 0 saturated carbocycles. The molecule has 0 atom stereocenters. The van der Waals surface area contributed by atoms with Gasteiger partial charge in [-0.15, -0.1) is 11.3 Å². The van der Waals surface area contributed by atoms with E-state index >= 15 is 0 Å². The van der Waals surface area contributed by atoms with Gasteiger partial charge in [0.1, 0.15) is 5.58 Å². The van der Waals surface area contributed by atoms with Crippen LogP contribution in [0.5, 0.6) is 0 Å². The third kappa shape index (κ3) is 3.60. The largest absolute Gasteiger partial charge is 0.445 e. The highest BCUT2D eigenvalue weighted by Gasteiger charge is 2.15. The molecule has 0 amide bonds. The molecule has 0 fully saturated rings. The summed E-state index contributed by atoms with van der Waals surface area (Å²) < 4.78 is 10.1. The number of rotatable bonds is 3. The highest BCUT2D eigenvalue weighted by atomic mass is 32.1. The van der Waals surface area contributed by atoms with Crippen molar-refractivity contribution in [2.45, 2.75) is 0 Å². The van der Waals surface area contributed by atoms with Gasteiger partial charge in [0.2, 0.25) is 0 Å². The van der Waals surface area contributed by atoms with E-state index in [1.54, 1.807) is 11.3 Å². The summed E-state index contributed by atoms with van der Waals surface area (Å²) >= 11 is 3.61. The third-order valence-electron chi connectivity index (χ3n) is 8.12. The molecule has 0 radical (unpaired) electrons. The van der Waals surface area contributed by atoms with Crippen molar-refractivity contribution in [1.82, 2.24) is 0 Å². The maximum Gasteiger partial charge on any atom is 0.190 e. The maximum absolute atomic E-state index is 6.17. The van der Waals surface area contributed by atoms with Crippen molar-refractivity contribution >= 4 is 74.2 Å². The van der Waals surface area contributed by atoms with E-state index in [9.17, 15) is 0 Å². The Hall–Kier alpha value is -4.70. The molecule has 0 aliphatic carbocycles. The van der Waals surface area contributed by atoms with Gasteiger partial charge in [0.05, 0.1) is 0 Å². The number of hydrogen-bond acceptors (Lipinski definition) is 3. The second-order valence-corrected chi connectivity index (χ2v) is 12.6. The van der Waals surface area contributed by atoms with Crippen LogP contribution in [0.4, 0.5) is 0 Å². The molecule has 0 spiro atoms. The van der Waals surface area contributed by atoms with E-state index in [1.807, 2.05) is 17.4 Å². The van der Waals surface area contributed by atoms with Crippen LogP contribution in [0, 0.1) is 0 Å². The van der Waals surface area contributed by atoms with E-state index in [0.717, 1.165) is 10.5 Å². The van der Waals surface area contributed by atoms with Gasteiger partial charge in [-0.25, -0.2) is 0 Å². The molecule has 6 aromatic carbocycles. The Balaban J connectivity index is 1.15. The number of para-hydroxylation sites is 1. The smallest absolute Gasteiger partial charge is 0.190 e. The fourth-order valence-electron chi connectivity index (χ4n) is 6.16. The molecule has 0 bridgehead atoms. The van der Waals surface area contributed by atoms with Crippen LogP contribution in [0.2, 0.25) is 0 Å². The van der Waals surface area contributed by atoms with Crippen LogP contribution < -0.4 is 0 Å². The Morgan fingerprint density at radius 2 is 1.05 bits per heavy atom. The van der Waals surface area contributed by atoms with Crippen LogP contribution >= 0.6 is 22.7 Å². The first-order valence-electron chi connectivity index (χ1n) is 13.8. The van der Waals surface area contributed by atoms with Gasteiger partial charge >= 0.3 is 0 Å². The van der Waals surface area contributed by atoms with E-state index in [0.29, 0.717) is 0 Å². The second-order valence-electron chi connectivity index (χ2n) is 10.5. The van der Waals surface area contributed by atoms with E-state index in [-0.39, 0.29) is 0 Å². The van der Waals surface area contributed by atoms with Gasteiger partial charge < -0.3 is 4.42 Å². The summed E-state index contributed by atoms with van der Waals surface area (Å²) in [6.45, 7) is 0. The number of furan rings is 1. The van der Waals surface area contributed by atoms with Gasteiger partial charge in [-0.2, -0.15) is 0 Å². The van der Waals surface area contributed by atoms with Crippen LogP contribution in [-0.2, 0) is 0 Å². The lowest BCUT2D eigenvalue weighted by molar-refractivity contribution is 0.678. The molecule has 9 aromatic rings. The molecule has 3 heterocycles. The molecule has 1 nitrogen and oxygen atoms in total. The van der Waals surface area contributed by atoms with E-state index in [1.165, 1.54) is 74.4 Å². The Bertz CT molecular complexity index is 2440. The third-order valence-corrected chi connectivity index (χ3v) is 10.4. The van der Waals surface area contributed by atoms with Crippen molar-refractivity contribution in [2.75, 3.05) is 0 Å². The maximum atomic E-state index is 6.17. The summed E-state index contributed by atoms with van der Waals surface area (Å²) in [7, 11) is 0. The highest BCUT2D eigenvalue weighted by molar-refractivity contribution is 7.26. The van der Waals surface area contributed by atoms with Crippen molar-refractivity contribution in [3.63, 3.8) is 0 Å². The molecular formula is C38H22OS2. The quantitative estimate of drug-likeness (QED) is 0.210. The molecule has 3 heteroatoms. The first kappa shape index (κ1) is 23.0. The summed E-state index contributed by atoms with van der Waals surface area (Å²) in [5, 5.41) is 6.34. The monoisotopic (exact) mass is 558 g/mol. The molecule has 192 valence electrons. The zero-order valence-electron chi connectivity index (χ0n) is 21.9. The molecule has 0 N–H and O–H groups in total. The predicted molar refractivity (Wildman–Crippen MR) is 178 cm³/mol. The number of benzene rings is 6. The lowest BCUT2D eigenvalue weighted by atomic mass is 9.95. The van der Waals surface area contributed by atoms with Crippen LogP contribution in [0.3, 0.4) is 0 Å². The van der Waals surface area contributed by atoms with Crippen LogP contribution in [0.1, 0.15) is 0 Å². The van der Waals surface area contributed by atoms with Crippen molar-refractivity contribution in [2.24, 2.45) is 0 Å². The first-order chi connectivity index (χ1) is 20.3. The van der Waals surface area contributed by atoms with Gasteiger partial charge in [0, 0.05) is 41.0 Å². The average Bonchev–Trinajstić information content (AvgIpc) is 3.70. The number of hydrogen-bond donors (Lipinski definition) is 0. The lowest BCUT2D eigenvalue weighted by Gasteiger charge is -2.09. The Labute approximate surface area is 244 Å². The van der Waals surface area contributed by atoms with Gasteiger partial charge in [-0.3, -0.25) is 0 Å². The van der Waals surface area contributed by atoms with E-state index in [4.69, 9.17) is 4.42 Å². The fourth-order valence-corrected chi connectivity index (χ4v) is 8.46. The predicted octanol–water partition coefficient (Wildman–Crippen LogP) is 12.2. The molecule has 0 saturated heterocycles. The Morgan fingerprint density at radius 3 is 1.90 bits per heavy atom. The van der Waals surface area contributed by atoms with Crippen LogP contribution in [-0.4, -0.2) is 0 Å². The minimum Gasteiger partial charge on any atom is -0.445 e. The number of thiophene rings is 2. The molecule has 0 aliphatic heterocycles. The summed E-state index contributed by atoms with van der Waals surface area (Å²) in [6, 6.07) is 48.4. The normalized spacial score (nSPS) is 11.9. The average molecular weight is 559 g/mol. The molecule has 9 rings (SSSR count). The highest BCUT2D eigenvalue weighted by Crippen LogP contribution is 2.43. The van der Waals surface area contributed by atoms with Crippen molar-refractivity contribution < 1.29 is 4.42 Å². The van der Waals surface area contributed by atoms with Crippen LogP contribution in [0.15, 0.2) is 138 Å². The lowest BCUT2D eigenvalue weighted by Crippen LogP contribution is -1.84. The molecule has 0 aliphatic rings. The molecule has 41 heavy (non-hydrogen) atoms. The summed E-state index contributed by atoms with van der Waals surface area (Å²) in [4.78, 5) is 0.998. The Kier molecular flexibility index (Phi) is 5.00. The standard InChI is InChI=1S/C38H22OS2/c1-3-16-33-31(13-1)36-32-22-26(18-19-35(32)41-38(36)39-33)24-9-5-8-23(20-24)25-10-6-11-27(21-25)28-14-7-15-30-29-12-2-4-17-34(29)40-37(28)30/h1-22H. The van der Waals surface area contributed by atoms with E-state index < -0.39 is 0 Å². The molecule has 0 unspecified atom stereocenters. The molecule has 3 aromatic heterocycles. The van der Waals surface area contributed by atoms with Crippen molar-refractivity contribution in [3.05, 3.63) is 133 Å². The van der Waals surface area contributed by atoms with Gasteiger partial charge in [0.15, 0.2) is 4.90 Å². The Morgan fingerprint density at radius 1 is 0.415 bits per heavy atom. The van der Waals surface area contributed by atoms with Gasteiger partial charge in [-0.05, 0) is 69.8 Å². The minimum atomic E-state index is 0.953. The second kappa shape index (κ2) is 8.90. The first-order valence-corrected chi connectivity index (χ1v) is 15.4. The zero-order chi connectivity index (χ0) is 26.9. The summed E-state index contributed by atoms with van der Waals surface area (Å²) in [5.41, 5.74) is 8.37. The van der Waals surface area contributed by atoms with Crippen molar-refractivity contribution in [1.29, 1.82) is 0 Å². The van der Waals surface area contributed by atoms with Gasteiger partial charge in [0.25, 0.3) is 0 Å². The summed E-state index contributed by atoms with van der Waals surface area (Å²) in [6.07, 6.45) is 0. The number of fused-ring (bicyclic) bond motifs is 8. The summed E-state index contributed by atoms with van der Waals surface area (Å²) in [5.74, 6) is 0. The van der Waals surface area contributed by atoms with Crippen molar-refractivity contribution in [3.8, 4) is 33.4 Å². The zero-order valence-corrected chi connectivity index (χ0v) is 23.6. The topological polar surface area (TPSA) is 13.1 Å². The fraction of sp³-hybridized carbons (Fsp3) is 0.